The summed E-state index contributed by atoms with van der Waals surface area (Å²) in [5, 5.41) is 12.2. The third kappa shape index (κ3) is 1.46. The van der Waals surface area contributed by atoms with Gasteiger partial charge in [-0.15, -0.1) is 0 Å². The molecule has 0 saturated carbocycles. The van der Waals surface area contributed by atoms with E-state index in [0.717, 1.165) is 16.5 Å². The first-order chi connectivity index (χ1) is 6.40. The Morgan fingerprint density at radius 2 is 2.31 bits per heavy atom. The Balaban J connectivity index is 2.62. The Morgan fingerprint density at radius 3 is 3.15 bits per heavy atom. The summed E-state index contributed by atoms with van der Waals surface area (Å²) in [5.41, 5.74) is 1.70. The van der Waals surface area contributed by atoms with Crippen molar-refractivity contribution in [3.63, 3.8) is 0 Å². The predicted molar refractivity (Wildman–Crippen MR) is 48.9 cm³/mol. The molecule has 1 aromatic carbocycles. The Morgan fingerprint density at radius 1 is 1.38 bits per heavy atom. The van der Waals surface area contributed by atoms with Crippen LogP contribution in [0.2, 0.25) is 0 Å². The number of benzene rings is 1. The van der Waals surface area contributed by atoms with Crippen LogP contribution in [-0.2, 0) is 0 Å². The molecule has 13 heavy (non-hydrogen) atoms. The van der Waals surface area contributed by atoms with E-state index in [1.54, 1.807) is 6.20 Å². The maximum atomic E-state index is 8.33. The molecule has 4 nitrogen and oxygen atoms in total. The lowest BCUT2D eigenvalue weighted by Crippen LogP contribution is -1.84. The van der Waals surface area contributed by atoms with Gasteiger partial charge >= 0.3 is 0 Å². The SMILES string of the molecule is O/N=C/c1ccc2ncncc2c1. The van der Waals surface area contributed by atoms with Gasteiger partial charge in [-0.2, -0.15) is 0 Å². The second-order valence-electron chi connectivity index (χ2n) is 2.59. The van der Waals surface area contributed by atoms with E-state index in [2.05, 4.69) is 15.1 Å². The average Bonchev–Trinajstić information content (AvgIpc) is 2.18. The maximum Gasteiger partial charge on any atom is 0.116 e. The zero-order valence-electron chi connectivity index (χ0n) is 6.75. The van der Waals surface area contributed by atoms with Gasteiger partial charge in [-0.05, 0) is 17.7 Å². The van der Waals surface area contributed by atoms with Gasteiger partial charge in [0, 0.05) is 11.6 Å². The molecule has 0 aliphatic heterocycles. The molecule has 0 bridgehead atoms. The van der Waals surface area contributed by atoms with E-state index in [1.165, 1.54) is 12.5 Å². The van der Waals surface area contributed by atoms with Gasteiger partial charge in [-0.3, -0.25) is 0 Å². The quantitative estimate of drug-likeness (QED) is 0.403. The van der Waals surface area contributed by atoms with Gasteiger partial charge < -0.3 is 5.21 Å². The summed E-state index contributed by atoms with van der Waals surface area (Å²) < 4.78 is 0. The highest BCUT2D eigenvalue weighted by Crippen LogP contribution is 2.10. The van der Waals surface area contributed by atoms with Crippen molar-refractivity contribution in [1.29, 1.82) is 0 Å². The molecule has 0 spiro atoms. The standard InChI is InChI=1S/C9H7N3O/c13-12-4-7-1-2-9-8(3-7)5-10-6-11-9/h1-6,13H/b12-4+. The molecule has 0 aliphatic carbocycles. The molecule has 0 amide bonds. The molecule has 0 saturated heterocycles. The van der Waals surface area contributed by atoms with Crippen LogP contribution in [0.4, 0.5) is 0 Å². The molecule has 0 unspecified atom stereocenters. The lowest BCUT2D eigenvalue weighted by Gasteiger charge is -1.95. The van der Waals surface area contributed by atoms with Crippen molar-refractivity contribution in [2.24, 2.45) is 5.16 Å². The fourth-order valence-corrected chi connectivity index (χ4v) is 1.15. The van der Waals surface area contributed by atoms with Crippen LogP contribution in [0.15, 0.2) is 35.9 Å². The van der Waals surface area contributed by atoms with Crippen molar-refractivity contribution in [2.75, 3.05) is 0 Å². The highest BCUT2D eigenvalue weighted by atomic mass is 16.4. The smallest absolute Gasteiger partial charge is 0.116 e. The molecule has 64 valence electrons. The third-order valence-corrected chi connectivity index (χ3v) is 1.74. The molecule has 0 aliphatic rings. The van der Waals surface area contributed by atoms with E-state index in [1.807, 2.05) is 18.2 Å². The molecular formula is C9H7N3O. The van der Waals surface area contributed by atoms with Crippen LogP contribution in [0, 0.1) is 0 Å². The Labute approximate surface area is 74.6 Å². The molecule has 0 fully saturated rings. The minimum atomic E-state index is 0.824. The van der Waals surface area contributed by atoms with E-state index in [4.69, 9.17) is 5.21 Å². The number of oxime groups is 1. The first-order valence-electron chi connectivity index (χ1n) is 3.77. The van der Waals surface area contributed by atoms with Gasteiger partial charge in [0.05, 0.1) is 11.7 Å². The summed E-state index contributed by atoms with van der Waals surface area (Å²) >= 11 is 0. The summed E-state index contributed by atoms with van der Waals surface area (Å²) in [6.45, 7) is 0. The van der Waals surface area contributed by atoms with Crippen LogP contribution in [0.1, 0.15) is 5.56 Å². The average molecular weight is 173 g/mol. The van der Waals surface area contributed by atoms with Crippen LogP contribution in [0.5, 0.6) is 0 Å². The normalized spacial score (nSPS) is 11.1. The molecule has 1 heterocycles. The number of hydrogen-bond acceptors (Lipinski definition) is 4. The fraction of sp³-hybridized carbons (Fsp3) is 0. The van der Waals surface area contributed by atoms with Gasteiger partial charge in [0.25, 0.3) is 0 Å². The first kappa shape index (κ1) is 7.67. The minimum Gasteiger partial charge on any atom is -0.411 e. The highest BCUT2D eigenvalue weighted by Gasteiger charge is 1.94. The molecule has 1 N–H and O–H groups in total. The monoisotopic (exact) mass is 173 g/mol. The highest BCUT2D eigenvalue weighted by molar-refractivity contribution is 5.87. The van der Waals surface area contributed by atoms with E-state index < -0.39 is 0 Å². The topological polar surface area (TPSA) is 58.4 Å². The zero-order chi connectivity index (χ0) is 9.10. The van der Waals surface area contributed by atoms with Crippen LogP contribution in [0.25, 0.3) is 10.9 Å². The fourth-order valence-electron chi connectivity index (χ4n) is 1.15. The number of fused-ring (bicyclic) bond motifs is 1. The first-order valence-corrected chi connectivity index (χ1v) is 3.77. The zero-order valence-corrected chi connectivity index (χ0v) is 6.75. The largest absolute Gasteiger partial charge is 0.411 e. The lowest BCUT2D eigenvalue weighted by molar-refractivity contribution is 0.322. The van der Waals surface area contributed by atoms with Crippen molar-refractivity contribution in [3.05, 3.63) is 36.3 Å². The molecule has 0 atom stereocenters. The molecule has 2 rings (SSSR count). The van der Waals surface area contributed by atoms with Crippen molar-refractivity contribution in [2.45, 2.75) is 0 Å². The van der Waals surface area contributed by atoms with Crippen molar-refractivity contribution >= 4 is 17.1 Å². The van der Waals surface area contributed by atoms with E-state index in [-0.39, 0.29) is 0 Å². The van der Waals surface area contributed by atoms with Crippen molar-refractivity contribution < 1.29 is 5.21 Å². The Bertz CT molecular complexity index is 453. The number of aromatic nitrogens is 2. The second-order valence-corrected chi connectivity index (χ2v) is 2.59. The van der Waals surface area contributed by atoms with Gasteiger partial charge in [0.2, 0.25) is 0 Å². The van der Waals surface area contributed by atoms with Crippen LogP contribution in [-0.4, -0.2) is 21.4 Å². The third-order valence-electron chi connectivity index (χ3n) is 1.74. The van der Waals surface area contributed by atoms with E-state index >= 15 is 0 Å². The number of hydrogen-bond donors (Lipinski definition) is 1. The molecule has 0 radical (unpaired) electrons. The van der Waals surface area contributed by atoms with Gasteiger partial charge in [0.1, 0.15) is 6.33 Å². The Kier molecular flexibility index (Phi) is 1.88. The number of rotatable bonds is 1. The summed E-state index contributed by atoms with van der Waals surface area (Å²) in [7, 11) is 0. The Hall–Kier alpha value is -1.97. The maximum absolute atomic E-state index is 8.33. The van der Waals surface area contributed by atoms with Crippen molar-refractivity contribution in [1.82, 2.24) is 9.97 Å². The molecule has 4 heteroatoms. The van der Waals surface area contributed by atoms with Crippen LogP contribution in [0.3, 0.4) is 0 Å². The predicted octanol–water partition coefficient (Wildman–Crippen LogP) is 1.44. The van der Waals surface area contributed by atoms with E-state index in [9.17, 15) is 0 Å². The minimum absolute atomic E-state index is 0.824. The van der Waals surface area contributed by atoms with Crippen molar-refractivity contribution in [3.8, 4) is 0 Å². The lowest BCUT2D eigenvalue weighted by atomic mass is 10.2. The summed E-state index contributed by atoms with van der Waals surface area (Å²) in [5.74, 6) is 0. The van der Waals surface area contributed by atoms with Gasteiger partial charge in [0.15, 0.2) is 0 Å². The molecular weight excluding hydrogens is 166 g/mol. The van der Waals surface area contributed by atoms with Crippen LogP contribution >= 0.6 is 0 Å². The molecule has 1 aromatic heterocycles. The summed E-state index contributed by atoms with van der Waals surface area (Å²) in [6.07, 6.45) is 4.59. The molecule has 2 aromatic rings. The van der Waals surface area contributed by atoms with Crippen LogP contribution < -0.4 is 0 Å². The van der Waals surface area contributed by atoms with Gasteiger partial charge in [-0.1, -0.05) is 11.2 Å². The second kappa shape index (κ2) is 3.18. The van der Waals surface area contributed by atoms with Gasteiger partial charge in [-0.25, -0.2) is 9.97 Å². The van der Waals surface area contributed by atoms with E-state index in [0.29, 0.717) is 0 Å². The summed E-state index contributed by atoms with van der Waals surface area (Å²) in [6, 6.07) is 5.54. The number of nitrogens with zero attached hydrogens (tertiary/aromatic N) is 3. The summed E-state index contributed by atoms with van der Waals surface area (Å²) in [4.78, 5) is 7.96.